The molecule has 2 atom stereocenters. The standard InChI is InChI=1S/C23H27N5O4S.C11H17N3O2S/c29-20-17-3-1-2-4-18(17)21(30)28(20)16-5-6-19(26-13-16)32-23(31)27-11-7-15(8-12-27)14-33-22-24-9-10-25-22;1-13-7-4-12-10(13)17-8-9-2-5-14(6-3-9)11(15)16/h5-6,9-10,13,15,17-18H,1-4,7-8,11-12,14H2,(H,24,25);4,7,9H,2-3,5-6,8H2,1H3,(H,15,16). The Morgan fingerprint density at radius 1 is 0.860 bits per heavy atom. The monoisotopic (exact) mass is 724 g/mol. The molecule has 7 rings (SSSR count). The van der Waals surface area contributed by atoms with Crippen LogP contribution in [-0.4, -0.2) is 101 Å². The molecule has 3 aliphatic heterocycles. The number of carbonyl (C=O) groups is 4. The molecule has 4 aliphatic rings. The molecular weight excluding hydrogens is 681 g/mol. The summed E-state index contributed by atoms with van der Waals surface area (Å²) >= 11 is 3.46. The molecule has 0 spiro atoms. The zero-order chi connectivity index (χ0) is 35.0. The molecule has 50 heavy (non-hydrogen) atoms. The van der Waals surface area contributed by atoms with Crippen molar-refractivity contribution in [3.05, 3.63) is 43.1 Å². The lowest BCUT2D eigenvalue weighted by Crippen LogP contribution is -2.40. The van der Waals surface area contributed by atoms with Gasteiger partial charge in [-0.25, -0.2) is 29.4 Å². The number of amides is 4. The van der Waals surface area contributed by atoms with E-state index in [1.165, 1.54) is 16.0 Å². The predicted molar refractivity (Wildman–Crippen MR) is 188 cm³/mol. The van der Waals surface area contributed by atoms with Crippen molar-refractivity contribution in [2.75, 3.05) is 42.6 Å². The molecule has 4 amide bonds. The smallest absolute Gasteiger partial charge is 0.416 e. The zero-order valence-electron chi connectivity index (χ0n) is 28.2. The van der Waals surface area contributed by atoms with E-state index in [-0.39, 0.29) is 29.5 Å². The average Bonchev–Trinajstić information content (AvgIpc) is 3.88. The van der Waals surface area contributed by atoms with Gasteiger partial charge >= 0.3 is 12.2 Å². The number of imide groups is 1. The summed E-state index contributed by atoms with van der Waals surface area (Å²) in [6.45, 7) is 2.61. The van der Waals surface area contributed by atoms with E-state index >= 15 is 0 Å². The number of hydrogen-bond acceptors (Lipinski definition) is 10. The molecule has 14 nitrogen and oxygen atoms in total. The number of aryl methyl sites for hydroxylation is 1. The minimum absolute atomic E-state index is 0.135. The van der Waals surface area contributed by atoms with Gasteiger partial charge in [0.1, 0.15) is 0 Å². The van der Waals surface area contributed by atoms with E-state index in [0.717, 1.165) is 73.2 Å². The summed E-state index contributed by atoms with van der Waals surface area (Å²) in [7, 11) is 1.99. The Bertz CT molecular complexity index is 1580. The number of carbonyl (C=O) groups excluding carboxylic acids is 3. The molecule has 3 aromatic heterocycles. The number of piperidine rings is 2. The highest BCUT2D eigenvalue weighted by Crippen LogP contribution is 2.40. The quantitative estimate of drug-likeness (QED) is 0.226. The summed E-state index contributed by atoms with van der Waals surface area (Å²) in [5, 5.41) is 10.8. The maximum Gasteiger partial charge on any atom is 0.416 e. The third-order valence-corrected chi connectivity index (χ3v) is 12.3. The van der Waals surface area contributed by atoms with Gasteiger partial charge in [-0.3, -0.25) is 9.59 Å². The van der Waals surface area contributed by atoms with Crippen LogP contribution >= 0.6 is 23.5 Å². The lowest BCUT2D eigenvalue weighted by Gasteiger charge is -2.30. The fourth-order valence-electron chi connectivity index (χ4n) is 6.92. The molecule has 268 valence electrons. The number of thioether (sulfide) groups is 2. The number of aromatic amines is 1. The number of carboxylic acid groups (broad SMARTS) is 1. The van der Waals surface area contributed by atoms with E-state index in [4.69, 9.17) is 9.84 Å². The molecule has 4 fully saturated rings. The molecule has 0 aromatic carbocycles. The third kappa shape index (κ3) is 8.81. The number of pyridine rings is 1. The number of nitrogens with zero attached hydrogens (tertiary/aromatic N) is 7. The van der Waals surface area contributed by atoms with E-state index in [1.54, 1.807) is 53.0 Å². The van der Waals surface area contributed by atoms with E-state index in [2.05, 4.69) is 19.9 Å². The van der Waals surface area contributed by atoms with Gasteiger partial charge < -0.3 is 29.2 Å². The first-order chi connectivity index (χ1) is 24.3. The molecule has 6 heterocycles. The van der Waals surface area contributed by atoms with Gasteiger partial charge in [0.2, 0.25) is 17.7 Å². The fourth-order valence-corrected chi connectivity index (χ4v) is 9.05. The van der Waals surface area contributed by atoms with Crippen LogP contribution in [0.2, 0.25) is 0 Å². The summed E-state index contributed by atoms with van der Waals surface area (Å²) in [6, 6.07) is 3.17. The number of nitrogens with one attached hydrogen (secondary N) is 1. The number of anilines is 1. The van der Waals surface area contributed by atoms with Crippen molar-refractivity contribution in [3.8, 4) is 5.88 Å². The lowest BCUT2D eigenvalue weighted by molar-refractivity contribution is -0.122. The maximum atomic E-state index is 12.7. The summed E-state index contributed by atoms with van der Waals surface area (Å²) in [4.78, 5) is 69.0. The normalized spacial score (nSPS) is 21.5. The summed E-state index contributed by atoms with van der Waals surface area (Å²) in [5.74, 6) is 2.61. The molecule has 0 bridgehead atoms. The van der Waals surface area contributed by atoms with Gasteiger partial charge in [-0.15, -0.1) is 0 Å². The number of rotatable bonds is 8. The van der Waals surface area contributed by atoms with E-state index < -0.39 is 12.2 Å². The molecule has 3 saturated heterocycles. The van der Waals surface area contributed by atoms with Crippen LogP contribution in [0.5, 0.6) is 5.88 Å². The Balaban J connectivity index is 0.000000214. The van der Waals surface area contributed by atoms with Crippen LogP contribution in [0.4, 0.5) is 15.3 Å². The molecule has 2 unspecified atom stereocenters. The van der Waals surface area contributed by atoms with Crippen molar-refractivity contribution >= 4 is 53.2 Å². The number of aromatic nitrogens is 5. The van der Waals surface area contributed by atoms with Crippen LogP contribution in [0.1, 0.15) is 51.4 Å². The van der Waals surface area contributed by atoms with Gasteiger partial charge in [0.05, 0.1) is 23.7 Å². The van der Waals surface area contributed by atoms with Crippen LogP contribution in [0.15, 0.2) is 53.4 Å². The lowest BCUT2D eigenvalue weighted by atomic mass is 9.81. The van der Waals surface area contributed by atoms with Crippen molar-refractivity contribution in [3.63, 3.8) is 0 Å². The predicted octanol–water partition coefficient (Wildman–Crippen LogP) is 5.39. The number of fused-ring (bicyclic) bond motifs is 1. The minimum atomic E-state index is -0.791. The van der Waals surface area contributed by atoms with Crippen LogP contribution in [0, 0.1) is 23.7 Å². The van der Waals surface area contributed by atoms with Gasteiger partial charge in [-0.2, -0.15) is 0 Å². The molecule has 1 saturated carbocycles. The fraction of sp³-hybridized carbons (Fsp3) is 0.559. The van der Waals surface area contributed by atoms with Gasteiger partial charge in [-0.1, -0.05) is 36.4 Å². The second-order valence-corrected chi connectivity index (χ2v) is 15.2. The average molecular weight is 725 g/mol. The van der Waals surface area contributed by atoms with Crippen LogP contribution in [0.25, 0.3) is 0 Å². The van der Waals surface area contributed by atoms with Crippen molar-refractivity contribution in [2.45, 2.75) is 61.7 Å². The van der Waals surface area contributed by atoms with Crippen molar-refractivity contribution in [2.24, 2.45) is 30.7 Å². The number of imidazole rings is 2. The first-order valence-corrected chi connectivity index (χ1v) is 19.2. The third-order valence-electron chi connectivity index (χ3n) is 9.92. The Kier molecular flexibility index (Phi) is 12.0. The van der Waals surface area contributed by atoms with E-state index in [9.17, 15) is 19.2 Å². The zero-order valence-corrected chi connectivity index (χ0v) is 29.8. The Labute approximate surface area is 299 Å². The Morgan fingerprint density at radius 2 is 1.50 bits per heavy atom. The van der Waals surface area contributed by atoms with Crippen LogP contribution < -0.4 is 9.64 Å². The number of H-pyrrole nitrogens is 1. The van der Waals surface area contributed by atoms with Crippen LogP contribution in [0.3, 0.4) is 0 Å². The first kappa shape index (κ1) is 35.8. The van der Waals surface area contributed by atoms with Gasteiger partial charge in [0.25, 0.3) is 0 Å². The summed E-state index contributed by atoms with van der Waals surface area (Å²) in [6.07, 6.45) is 14.8. The van der Waals surface area contributed by atoms with Crippen LogP contribution in [-0.2, 0) is 16.6 Å². The minimum Gasteiger partial charge on any atom is -0.465 e. The second kappa shape index (κ2) is 16.8. The topological polar surface area (TPSA) is 167 Å². The van der Waals surface area contributed by atoms with E-state index in [1.807, 2.05) is 24.0 Å². The van der Waals surface area contributed by atoms with Gasteiger partial charge in [0, 0.05) is 75.6 Å². The van der Waals surface area contributed by atoms with Crippen molar-refractivity contribution in [1.82, 2.24) is 34.3 Å². The number of likely N-dealkylation sites (tertiary alicyclic amines) is 2. The molecule has 1 aliphatic carbocycles. The van der Waals surface area contributed by atoms with Gasteiger partial charge in [0.15, 0.2) is 10.3 Å². The highest BCUT2D eigenvalue weighted by atomic mass is 32.2. The number of ether oxygens (including phenoxy) is 1. The first-order valence-electron chi connectivity index (χ1n) is 17.3. The largest absolute Gasteiger partial charge is 0.465 e. The SMILES string of the molecule is Cn1ccnc1SCC1CCN(C(=O)O)CC1.O=C(Oc1ccc(N2C(=O)C3CCCCC3C2=O)cn1)N1CCC(CSc2ncc[nH]2)CC1. The van der Waals surface area contributed by atoms with Gasteiger partial charge in [-0.05, 0) is 56.4 Å². The molecule has 16 heteroatoms. The highest BCUT2D eigenvalue weighted by molar-refractivity contribution is 7.99. The Hall–Kier alpha value is -4.05. The summed E-state index contributed by atoms with van der Waals surface area (Å²) < 4.78 is 7.45. The van der Waals surface area contributed by atoms with Crippen molar-refractivity contribution in [1.29, 1.82) is 0 Å². The van der Waals surface area contributed by atoms with Crippen molar-refractivity contribution < 1.29 is 29.0 Å². The Morgan fingerprint density at radius 3 is 2.04 bits per heavy atom. The second-order valence-electron chi connectivity index (χ2n) is 13.2. The highest BCUT2D eigenvalue weighted by Gasteiger charge is 2.48. The summed E-state index contributed by atoms with van der Waals surface area (Å²) in [5.41, 5.74) is 0.439. The molecular formula is C34H44N8O6S2. The molecule has 3 aromatic rings. The molecule has 0 radical (unpaired) electrons. The van der Waals surface area contributed by atoms with E-state index in [0.29, 0.717) is 43.7 Å². The number of hydrogen-bond donors (Lipinski definition) is 2. The molecule has 2 N–H and O–H groups in total. The maximum absolute atomic E-state index is 12.7.